The zero-order valence-corrected chi connectivity index (χ0v) is 11.2. The molecule has 0 atom stereocenters. The van der Waals surface area contributed by atoms with Gasteiger partial charge < -0.3 is 10.1 Å². The van der Waals surface area contributed by atoms with Gasteiger partial charge in [0.2, 0.25) is 5.88 Å². The summed E-state index contributed by atoms with van der Waals surface area (Å²) in [4.78, 5) is 13.0. The highest BCUT2D eigenvalue weighted by Crippen LogP contribution is 2.40. The Bertz CT molecular complexity index is 604. The summed E-state index contributed by atoms with van der Waals surface area (Å²) in [6.45, 7) is 1.92. The van der Waals surface area contributed by atoms with E-state index < -0.39 is 0 Å². The largest absolute Gasteiger partial charge is 0.404 e. The minimum Gasteiger partial charge on any atom is -0.404 e. The Labute approximate surface area is 111 Å². The van der Waals surface area contributed by atoms with Crippen molar-refractivity contribution in [2.24, 2.45) is 7.05 Å². The molecule has 0 saturated heterocycles. The number of aryl methyl sites for hydroxylation is 1. The Morgan fingerprint density at radius 3 is 2.74 bits per heavy atom. The lowest BCUT2D eigenvalue weighted by Gasteiger charge is -2.10. The Kier molecular flexibility index (Phi) is 2.81. The van der Waals surface area contributed by atoms with Gasteiger partial charge in [0.15, 0.2) is 0 Å². The molecule has 0 radical (unpaired) electrons. The maximum absolute atomic E-state index is 5.66. The van der Waals surface area contributed by atoms with Crippen molar-refractivity contribution >= 4 is 5.82 Å². The molecule has 19 heavy (non-hydrogen) atoms. The summed E-state index contributed by atoms with van der Waals surface area (Å²) in [5.41, 5.74) is 0.861. The van der Waals surface area contributed by atoms with Crippen LogP contribution in [0.1, 0.15) is 30.1 Å². The van der Waals surface area contributed by atoms with Crippen LogP contribution in [0.5, 0.6) is 11.9 Å². The molecule has 3 rings (SSSR count). The summed E-state index contributed by atoms with van der Waals surface area (Å²) in [6.07, 6.45) is 3.88. The van der Waals surface area contributed by atoms with E-state index in [1.165, 1.54) is 0 Å². The Morgan fingerprint density at radius 2 is 2.16 bits per heavy atom. The lowest BCUT2D eigenvalue weighted by Crippen LogP contribution is -2.05. The number of nitrogens with zero attached hydrogens (tertiary/aromatic N) is 5. The van der Waals surface area contributed by atoms with Gasteiger partial charge in [-0.15, -0.1) is 5.10 Å². The maximum atomic E-state index is 5.66. The number of anilines is 1. The first-order chi connectivity index (χ1) is 9.17. The van der Waals surface area contributed by atoms with Gasteiger partial charge in [-0.25, -0.2) is 4.98 Å². The molecule has 7 heteroatoms. The first-order valence-electron chi connectivity index (χ1n) is 6.27. The Hall–Kier alpha value is -2.18. The van der Waals surface area contributed by atoms with E-state index in [-0.39, 0.29) is 0 Å². The standard InChI is InChI=1S/C12H16N6O/c1-7-9(13-2)15-10(8-4-5-8)16-11(7)19-12-14-6-18(3)17-12/h6,8H,4-5H2,1-3H3,(H,13,15,16). The topological polar surface area (TPSA) is 77.8 Å². The molecule has 1 aliphatic carbocycles. The van der Waals surface area contributed by atoms with Crippen LogP contribution >= 0.6 is 0 Å². The van der Waals surface area contributed by atoms with Crippen molar-refractivity contribution in [3.63, 3.8) is 0 Å². The number of hydrogen-bond acceptors (Lipinski definition) is 6. The minimum absolute atomic E-state index is 0.299. The average Bonchev–Trinajstić information content (AvgIpc) is 3.16. The van der Waals surface area contributed by atoms with Crippen molar-refractivity contribution in [2.45, 2.75) is 25.7 Å². The van der Waals surface area contributed by atoms with Crippen LogP contribution in [-0.4, -0.2) is 31.8 Å². The van der Waals surface area contributed by atoms with Crippen molar-refractivity contribution in [3.05, 3.63) is 17.7 Å². The van der Waals surface area contributed by atoms with E-state index in [2.05, 4.69) is 25.4 Å². The molecule has 0 amide bonds. The van der Waals surface area contributed by atoms with Crippen LogP contribution in [0.4, 0.5) is 5.82 Å². The summed E-state index contributed by atoms with van der Waals surface area (Å²) < 4.78 is 7.25. The quantitative estimate of drug-likeness (QED) is 0.900. The third kappa shape index (κ3) is 2.35. The SMILES string of the molecule is CNc1nc(C2CC2)nc(Oc2ncn(C)n2)c1C. The van der Waals surface area contributed by atoms with Crippen LogP contribution in [-0.2, 0) is 7.05 Å². The third-order valence-electron chi connectivity index (χ3n) is 3.06. The highest BCUT2D eigenvalue weighted by molar-refractivity contribution is 5.49. The van der Waals surface area contributed by atoms with Crippen LogP contribution in [0, 0.1) is 6.92 Å². The smallest absolute Gasteiger partial charge is 0.342 e. The predicted octanol–water partition coefficient (Wildman–Crippen LogP) is 1.62. The second-order valence-corrected chi connectivity index (χ2v) is 4.69. The van der Waals surface area contributed by atoms with Crippen molar-refractivity contribution in [1.29, 1.82) is 0 Å². The highest BCUT2D eigenvalue weighted by Gasteiger charge is 2.28. The zero-order chi connectivity index (χ0) is 13.4. The summed E-state index contributed by atoms with van der Waals surface area (Å²) in [5, 5.41) is 7.17. The molecule has 7 nitrogen and oxygen atoms in total. The van der Waals surface area contributed by atoms with Crippen molar-refractivity contribution in [2.75, 3.05) is 12.4 Å². The molecule has 2 heterocycles. The molecule has 0 spiro atoms. The fourth-order valence-electron chi connectivity index (χ4n) is 1.83. The molecule has 1 N–H and O–H groups in total. The third-order valence-corrected chi connectivity index (χ3v) is 3.06. The first kappa shape index (κ1) is 11.9. The average molecular weight is 260 g/mol. The number of ether oxygens (including phenoxy) is 1. The molecule has 0 aromatic carbocycles. The number of rotatable bonds is 4. The number of aromatic nitrogens is 5. The van der Waals surface area contributed by atoms with Gasteiger partial charge >= 0.3 is 6.01 Å². The second-order valence-electron chi connectivity index (χ2n) is 4.69. The minimum atomic E-state index is 0.299. The van der Waals surface area contributed by atoms with Gasteiger partial charge in [0, 0.05) is 20.0 Å². The molecule has 2 aromatic heterocycles. The Balaban J connectivity index is 1.96. The van der Waals surface area contributed by atoms with Crippen molar-refractivity contribution in [3.8, 4) is 11.9 Å². The number of nitrogens with one attached hydrogen (secondary N) is 1. The summed E-state index contributed by atoms with van der Waals surface area (Å²) in [6, 6.07) is 0.299. The predicted molar refractivity (Wildman–Crippen MR) is 69.4 cm³/mol. The van der Waals surface area contributed by atoms with Gasteiger partial charge in [0.25, 0.3) is 0 Å². The summed E-state index contributed by atoms with van der Waals surface area (Å²) in [5.74, 6) is 2.61. The fraction of sp³-hybridized carbons (Fsp3) is 0.500. The van der Waals surface area contributed by atoms with Crippen molar-refractivity contribution in [1.82, 2.24) is 24.7 Å². The summed E-state index contributed by atoms with van der Waals surface area (Å²) >= 11 is 0. The molecule has 1 saturated carbocycles. The molecule has 1 aliphatic rings. The van der Waals surface area contributed by atoms with E-state index in [9.17, 15) is 0 Å². The van der Waals surface area contributed by atoms with Gasteiger partial charge in [-0.05, 0) is 19.8 Å². The van der Waals surface area contributed by atoms with Crippen LogP contribution in [0.2, 0.25) is 0 Å². The van der Waals surface area contributed by atoms with E-state index >= 15 is 0 Å². The van der Waals surface area contributed by atoms with Crippen LogP contribution in [0.3, 0.4) is 0 Å². The molecular weight excluding hydrogens is 244 g/mol. The van der Waals surface area contributed by atoms with E-state index in [1.54, 1.807) is 18.1 Å². The second kappa shape index (κ2) is 4.49. The van der Waals surface area contributed by atoms with Crippen molar-refractivity contribution < 1.29 is 4.74 Å². The van der Waals surface area contributed by atoms with E-state index in [4.69, 9.17) is 4.74 Å². The van der Waals surface area contributed by atoms with E-state index in [1.807, 2.05) is 14.0 Å². The van der Waals surface area contributed by atoms with Gasteiger partial charge in [0.05, 0.1) is 5.56 Å². The molecule has 1 fully saturated rings. The van der Waals surface area contributed by atoms with Gasteiger partial charge in [-0.2, -0.15) is 9.97 Å². The van der Waals surface area contributed by atoms with Crippen LogP contribution in [0.25, 0.3) is 0 Å². The van der Waals surface area contributed by atoms with E-state index in [0.29, 0.717) is 17.8 Å². The molecule has 0 unspecified atom stereocenters. The lowest BCUT2D eigenvalue weighted by atomic mass is 10.3. The zero-order valence-electron chi connectivity index (χ0n) is 11.2. The fourth-order valence-corrected chi connectivity index (χ4v) is 1.83. The van der Waals surface area contributed by atoms with E-state index in [0.717, 1.165) is 30.0 Å². The normalized spacial score (nSPS) is 14.5. The highest BCUT2D eigenvalue weighted by atomic mass is 16.5. The Morgan fingerprint density at radius 1 is 1.37 bits per heavy atom. The first-order valence-corrected chi connectivity index (χ1v) is 6.27. The van der Waals surface area contributed by atoms with Gasteiger partial charge in [-0.3, -0.25) is 4.68 Å². The van der Waals surface area contributed by atoms with Crippen LogP contribution in [0.15, 0.2) is 6.33 Å². The molecule has 0 bridgehead atoms. The van der Waals surface area contributed by atoms with Gasteiger partial charge in [0.1, 0.15) is 18.0 Å². The molecule has 100 valence electrons. The molecule has 2 aromatic rings. The van der Waals surface area contributed by atoms with Crippen LogP contribution < -0.4 is 10.1 Å². The lowest BCUT2D eigenvalue weighted by molar-refractivity contribution is 0.416. The molecular formula is C12H16N6O. The molecule has 0 aliphatic heterocycles. The maximum Gasteiger partial charge on any atom is 0.342 e. The summed E-state index contributed by atoms with van der Waals surface area (Å²) in [7, 11) is 3.64. The number of hydrogen-bond donors (Lipinski definition) is 1. The van der Waals surface area contributed by atoms with Gasteiger partial charge in [-0.1, -0.05) is 0 Å². The monoisotopic (exact) mass is 260 g/mol.